The number of rotatable bonds is 4. The minimum Gasteiger partial charge on any atom is -0.357 e. The lowest BCUT2D eigenvalue weighted by atomic mass is 10.2. The van der Waals surface area contributed by atoms with E-state index in [1.54, 1.807) is 13.0 Å². The Hall–Kier alpha value is -1.16. The number of anilines is 1. The highest BCUT2D eigenvalue weighted by molar-refractivity contribution is 5.53. The molecule has 4 heteroatoms. The number of hydrogen-bond acceptors (Lipinski definition) is 2. The second-order valence-corrected chi connectivity index (χ2v) is 4.09. The molecule has 1 fully saturated rings. The van der Waals surface area contributed by atoms with E-state index in [0.29, 0.717) is 17.9 Å². The zero-order valence-electron chi connectivity index (χ0n) is 9.44. The summed E-state index contributed by atoms with van der Waals surface area (Å²) in [4.78, 5) is 0. The van der Waals surface area contributed by atoms with Gasteiger partial charge in [0, 0.05) is 17.9 Å². The average molecular weight is 227 g/mol. The van der Waals surface area contributed by atoms with E-state index in [9.17, 15) is 8.78 Å². The SMILES string of the molecule is CCOC1(Nc2ccc(F)c(F)c2C)CC1. The molecular weight excluding hydrogens is 212 g/mol. The largest absolute Gasteiger partial charge is 0.357 e. The van der Waals surface area contributed by atoms with Gasteiger partial charge in [-0.15, -0.1) is 0 Å². The molecule has 1 aliphatic carbocycles. The van der Waals surface area contributed by atoms with Gasteiger partial charge in [-0.2, -0.15) is 0 Å². The molecule has 0 heterocycles. The highest BCUT2D eigenvalue weighted by Crippen LogP contribution is 2.40. The predicted octanol–water partition coefficient (Wildman–Crippen LogP) is 3.21. The Morgan fingerprint density at radius 2 is 2.06 bits per heavy atom. The third kappa shape index (κ3) is 2.02. The zero-order chi connectivity index (χ0) is 11.8. The molecule has 0 radical (unpaired) electrons. The molecule has 2 rings (SSSR count). The molecule has 0 aliphatic heterocycles. The summed E-state index contributed by atoms with van der Waals surface area (Å²) in [6.07, 6.45) is 1.80. The molecule has 0 bridgehead atoms. The quantitative estimate of drug-likeness (QED) is 0.797. The maximum Gasteiger partial charge on any atom is 0.163 e. The Bertz CT molecular complexity index is 402. The fraction of sp³-hybridized carbons (Fsp3) is 0.500. The van der Waals surface area contributed by atoms with Crippen molar-refractivity contribution in [1.82, 2.24) is 0 Å². The molecule has 0 amide bonds. The molecule has 1 aromatic rings. The van der Waals surface area contributed by atoms with Crippen LogP contribution in [0.15, 0.2) is 12.1 Å². The van der Waals surface area contributed by atoms with Crippen LogP contribution in [-0.2, 0) is 4.74 Å². The van der Waals surface area contributed by atoms with E-state index >= 15 is 0 Å². The number of hydrogen-bond donors (Lipinski definition) is 1. The van der Waals surface area contributed by atoms with E-state index in [1.807, 2.05) is 6.92 Å². The summed E-state index contributed by atoms with van der Waals surface area (Å²) in [6, 6.07) is 2.68. The zero-order valence-corrected chi connectivity index (χ0v) is 9.44. The summed E-state index contributed by atoms with van der Waals surface area (Å²) >= 11 is 0. The fourth-order valence-electron chi connectivity index (χ4n) is 1.73. The minimum atomic E-state index is -0.815. The van der Waals surface area contributed by atoms with E-state index in [2.05, 4.69) is 5.32 Å². The van der Waals surface area contributed by atoms with E-state index in [4.69, 9.17) is 4.74 Å². The number of ether oxygens (including phenoxy) is 1. The summed E-state index contributed by atoms with van der Waals surface area (Å²) in [7, 11) is 0. The van der Waals surface area contributed by atoms with Crippen molar-refractivity contribution in [3.05, 3.63) is 29.3 Å². The molecule has 1 aromatic carbocycles. The molecule has 1 aliphatic rings. The van der Waals surface area contributed by atoms with Gasteiger partial charge in [-0.25, -0.2) is 8.78 Å². The predicted molar refractivity (Wildman–Crippen MR) is 58.3 cm³/mol. The Kier molecular flexibility index (Phi) is 2.84. The lowest BCUT2D eigenvalue weighted by Crippen LogP contribution is -2.25. The van der Waals surface area contributed by atoms with Crippen molar-refractivity contribution in [3.63, 3.8) is 0 Å². The minimum absolute atomic E-state index is 0.297. The molecule has 1 N–H and O–H groups in total. The molecule has 2 nitrogen and oxygen atoms in total. The Labute approximate surface area is 93.6 Å². The first-order chi connectivity index (χ1) is 7.58. The van der Waals surface area contributed by atoms with Crippen LogP contribution in [0.5, 0.6) is 0 Å². The van der Waals surface area contributed by atoms with E-state index in [0.717, 1.165) is 18.9 Å². The van der Waals surface area contributed by atoms with Crippen LogP contribution < -0.4 is 5.32 Å². The van der Waals surface area contributed by atoms with Crippen molar-refractivity contribution < 1.29 is 13.5 Å². The number of nitrogens with one attached hydrogen (secondary N) is 1. The van der Waals surface area contributed by atoms with Crippen LogP contribution in [0.25, 0.3) is 0 Å². The highest BCUT2D eigenvalue weighted by atomic mass is 19.2. The van der Waals surface area contributed by atoms with Gasteiger partial charge in [-0.1, -0.05) is 0 Å². The number of benzene rings is 1. The first-order valence-electron chi connectivity index (χ1n) is 5.45. The molecular formula is C12H15F2NO. The van der Waals surface area contributed by atoms with E-state index in [1.165, 1.54) is 0 Å². The van der Waals surface area contributed by atoms with Crippen molar-refractivity contribution in [3.8, 4) is 0 Å². The van der Waals surface area contributed by atoms with Crippen molar-refractivity contribution in [2.75, 3.05) is 11.9 Å². The van der Waals surface area contributed by atoms with Gasteiger partial charge >= 0.3 is 0 Å². The van der Waals surface area contributed by atoms with Gasteiger partial charge < -0.3 is 10.1 Å². The molecule has 0 aromatic heterocycles. The van der Waals surface area contributed by atoms with Gasteiger partial charge in [-0.05, 0) is 38.8 Å². The van der Waals surface area contributed by atoms with Crippen LogP contribution in [0.4, 0.5) is 14.5 Å². The smallest absolute Gasteiger partial charge is 0.163 e. The second kappa shape index (κ2) is 4.01. The highest BCUT2D eigenvalue weighted by Gasteiger charge is 2.44. The fourth-order valence-corrected chi connectivity index (χ4v) is 1.73. The number of halogens is 2. The molecule has 0 atom stereocenters. The third-order valence-corrected chi connectivity index (χ3v) is 2.83. The summed E-state index contributed by atoms with van der Waals surface area (Å²) < 4.78 is 31.8. The molecule has 0 unspecified atom stereocenters. The van der Waals surface area contributed by atoms with Crippen LogP contribution in [0, 0.1) is 18.6 Å². The third-order valence-electron chi connectivity index (χ3n) is 2.83. The standard InChI is InChI=1S/C12H15F2NO/c1-3-16-12(6-7-12)15-10-5-4-9(13)11(14)8(10)2/h4-5,15H,3,6-7H2,1-2H3. The second-order valence-electron chi connectivity index (χ2n) is 4.09. The van der Waals surface area contributed by atoms with Gasteiger partial charge in [0.25, 0.3) is 0 Å². The van der Waals surface area contributed by atoms with Gasteiger partial charge in [-0.3, -0.25) is 0 Å². The van der Waals surface area contributed by atoms with Crippen molar-refractivity contribution in [2.24, 2.45) is 0 Å². The normalized spacial score (nSPS) is 17.2. The van der Waals surface area contributed by atoms with Crippen LogP contribution in [0.1, 0.15) is 25.3 Å². The van der Waals surface area contributed by atoms with Crippen LogP contribution in [-0.4, -0.2) is 12.3 Å². The Morgan fingerprint density at radius 1 is 1.38 bits per heavy atom. The van der Waals surface area contributed by atoms with Crippen LogP contribution >= 0.6 is 0 Å². The Morgan fingerprint density at radius 3 is 2.62 bits per heavy atom. The maximum atomic E-state index is 13.3. The summed E-state index contributed by atoms with van der Waals surface area (Å²) in [5.74, 6) is -1.61. The van der Waals surface area contributed by atoms with Gasteiger partial charge in [0.05, 0.1) is 0 Å². The molecule has 88 valence electrons. The topological polar surface area (TPSA) is 21.3 Å². The van der Waals surface area contributed by atoms with E-state index < -0.39 is 11.6 Å². The van der Waals surface area contributed by atoms with Gasteiger partial charge in [0.15, 0.2) is 11.6 Å². The molecule has 0 spiro atoms. The molecule has 1 saturated carbocycles. The lowest BCUT2D eigenvalue weighted by Gasteiger charge is -2.20. The first-order valence-corrected chi connectivity index (χ1v) is 5.45. The van der Waals surface area contributed by atoms with Crippen molar-refractivity contribution >= 4 is 5.69 Å². The first kappa shape index (κ1) is 11.3. The van der Waals surface area contributed by atoms with Crippen molar-refractivity contribution in [2.45, 2.75) is 32.4 Å². The monoisotopic (exact) mass is 227 g/mol. The van der Waals surface area contributed by atoms with Gasteiger partial charge in [0.1, 0.15) is 5.72 Å². The Balaban J connectivity index is 2.19. The molecule has 16 heavy (non-hydrogen) atoms. The summed E-state index contributed by atoms with van der Waals surface area (Å²) in [5, 5.41) is 3.14. The summed E-state index contributed by atoms with van der Waals surface area (Å²) in [5.41, 5.74) is 0.542. The lowest BCUT2D eigenvalue weighted by molar-refractivity contribution is 0.0631. The maximum absolute atomic E-state index is 13.3. The summed E-state index contributed by atoms with van der Waals surface area (Å²) in [6.45, 7) is 4.08. The molecule has 0 saturated heterocycles. The van der Waals surface area contributed by atoms with Gasteiger partial charge in [0.2, 0.25) is 0 Å². The van der Waals surface area contributed by atoms with E-state index in [-0.39, 0.29) is 5.72 Å². The average Bonchev–Trinajstić information content (AvgIpc) is 3.00. The van der Waals surface area contributed by atoms with Crippen LogP contribution in [0.2, 0.25) is 0 Å². The van der Waals surface area contributed by atoms with Crippen molar-refractivity contribution in [1.29, 1.82) is 0 Å². The van der Waals surface area contributed by atoms with Crippen LogP contribution in [0.3, 0.4) is 0 Å².